The lowest BCUT2D eigenvalue weighted by atomic mass is 10.2. The summed E-state index contributed by atoms with van der Waals surface area (Å²) in [4.78, 5) is 12.1. The van der Waals surface area contributed by atoms with Gasteiger partial charge in [-0.3, -0.25) is 4.79 Å². The van der Waals surface area contributed by atoms with E-state index in [2.05, 4.69) is 35.0 Å². The Labute approximate surface area is 153 Å². The lowest BCUT2D eigenvalue weighted by Gasteiger charge is -2.14. The lowest BCUT2D eigenvalue weighted by Crippen LogP contribution is -2.18. The van der Waals surface area contributed by atoms with Crippen molar-refractivity contribution in [3.05, 3.63) is 52.8 Å². The monoisotopic (exact) mass is 355 g/mol. The number of benzene rings is 1. The summed E-state index contributed by atoms with van der Waals surface area (Å²) in [7, 11) is 1.59. The number of rotatable bonds is 6. The summed E-state index contributed by atoms with van der Waals surface area (Å²) in [6.45, 7) is 5.86. The van der Waals surface area contributed by atoms with E-state index in [1.54, 1.807) is 37.6 Å². The van der Waals surface area contributed by atoms with E-state index in [0.29, 0.717) is 17.4 Å². The molecule has 1 aromatic carbocycles. The maximum atomic E-state index is 12.1. The highest BCUT2D eigenvalue weighted by Crippen LogP contribution is 2.19. The van der Waals surface area contributed by atoms with Crippen LogP contribution in [0.5, 0.6) is 5.75 Å². The Balaban J connectivity index is 1.63. The van der Waals surface area contributed by atoms with Gasteiger partial charge in [0.2, 0.25) is 0 Å². The van der Waals surface area contributed by atoms with Gasteiger partial charge in [-0.05, 0) is 57.0 Å². The van der Waals surface area contributed by atoms with E-state index in [9.17, 15) is 4.79 Å². The first-order valence-corrected chi connectivity index (χ1v) is 8.84. The molecular formula is C20H25N3O3. The standard InChI is InChI=1S/C20H25N3O3/c1-14-11-17(15(2)23(14)13-19-5-4-10-26-19)12-21-22-20(24)16-6-8-18(25-3)9-7-16/h6-9,11-12,19H,4-5,10,13H2,1-3H3,(H,22,24)/b21-12-/t19-/m1/s1. The minimum Gasteiger partial charge on any atom is -0.497 e. The second kappa shape index (κ2) is 8.19. The topological polar surface area (TPSA) is 64.8 Å². The van der Waals surface area contributed by atoms with Crippen LogP contribution in [0.4, 0.5) is 0 Å². The van der Waals surface area contributed by atoms with Crippen LogP contribution < -0.4 is 10.2 Å². The van der Waals surface area contributed by atoms with Gasteiger partial charge in [0.1, 0.15) is 5.75 Å². The number of methoxy groups -OCH3 is 1. The van der Waals surface area contributed by atoms with Gasteiger partial charge in [0, 0.05) is 35.7 Å². The molecule has 0 saturated carbocycles. The van der Waals surface area contributed by atoms with Crippen LogP contribution >= 0.6 is 0 Å². The van der Waals surface area contributed by atoms with Crippen molar-refractivity contribution < 1.29 is 14.3 Å². The molecule has 1 aliphatic heterocycles. The molecule has 1 aromatic heterocycles. The molecule has 1 fully saturated rings. The van der Waals surface area contributed by atoms with E-state index in [1.165, 1.54) is 5.69 Å². The van der Waals surface area contributed by atoms with E-state index in [1.807, 2.05) is 0 Å². The molecule has 0 unspecified atom stereocenters. The minimum atomic E-state index is -0.253. The van der Waals surface area contributed by atoms with Gasteiger partial charge < -0.3 is 14.0 Å². The summed E-state index contributed by atoms with van der Waals surface area (Å²) in [5, 5.41) is 4.11. The van der Waals surface area contributed by atoms with Gasteiger partial charge in [-0.2, -0.15) is 5.10 Å². The largest absolute Gasteiger partial charge is 0.497 e. The summed E-state index contributed by atoms with van der Waals surface area (Å²) >= 11 is 0. The van der Waals surface area contributed by atoms with Gasteiger partial charge in [0.05, 0.1) is 19.4 Å². The quantitative estimate of drug-likeness (QED) is 0.640. The van der Waals surface area contributed by atoms with Gasteiger partial charge >= 0.3 is 0 Å². The molecule has 0 bridgehead atoms. The third kappa shape index (κ3) is 4.14. The second-order valence-electron chi connectivity index (χ2n) is 6.50. The van der Waals surface area contributed by atoms with Crippen LogP contribution in [-0.2, 0) is 11.3 Å². The number of aromatic nitrogens is 1. The fourth-order valence-electron chi connectivity index (χ4n) is 3.20. The molecule has 1 atom stereocenters. The molecule has 0 aliphatic carbocycles. The summed E-state index contributed by atoms with van der Waals surface area (Å²) in [6, 6.07) is 8.98. The van der Waals surface area contributed by atoms with Crippen molar-refractivity contribution >= 4 is 12.1 Å². The number of ether oxygens (including phenoxy) is 2. The average molecular weight is 355 g/mol. The Morgan fingerprint density at radius 2 is 2.15 bits per heavy atom. The summed E-state index contributed by atoms with van der Waals surface area (Å²) in [5.74, 6) is 0.459. The van der Waals surface area contributed by atoms with Crippen molar-refractivity contribution in [2.45, 2.75) is 39.3 Å². The number of hydrazone groups is 1. The van der Waals surface area contributed by atoms with Gasteiger partial charge in [0.15, 0.2) is 0 Å². The molecule has 1 amide bonds. The molecule has 2 heterocycles. The van der Waals surface area contributed by atoms with Crippen molar-refractivity contribution in [2.75, 3.05) is 13.7 Å². The fourth-order valence-corrected chi connectivity index (χ4v) is 3.20. The van der Waals surface area contributed by atoms with Crippen molar-refractivity contribution in [3.63, 3.8) is 0 Å². The number of nitrogens with zero attached hydrogens (tertiary/aromatic N) is 2. The molecule has 26 heavy (non-hydrogen) atoms. The lowest BCUT2D eigenvalue weighted by molar-refractivity contribution is 0.0954. The summed E-state index contributed by atoms with van der Waals surface area (Å²) in [6.07, 6.45) is 4.23. The Morgan fingerprint density at radius 3 is 2.81 bits per heavy atom. The van der Waals surface area contributed by atoms with Crippen molar-refractivity contribution in [2.24, 2.45) is 5.10 Å². The minimum absolute atomic E-state index is 0.253. The zero-order chi connectivity index (χ0) is 18.5. The average Bonchev–Trinajstić information content (AvgIpc) is 3.26. The smallest absolute Gasteiger partial charge is 0.271 e. The number of amides is 1. The number of hydrogen-bond donors (Lipinski definition) is 1. The predicted molar refractivity (Wildman–Crippen MR) is 101 cm³/mol. The molecule has 2 aromatic rings. The number of hydrogen-bond acceptors (Lipinski definition) is 4. The van der Waals surface area contributed by atoms with E-state index in [-0.39, 0.29) is 5.91 Å². The SMILES string of the molecule is COc1ccc(C(=O)N/N=C\c2cc(C)n(C[C@H]3CCCO3)c2C)cc1. The summed E-state index contributed by atoms with van der Waals surface area (Å²) in [5.41, 5.74) is 6.39. The molecule has 138 valence electrons. The first-order chi connectivity index (χ1) is 12.6. The number of aryl methyl sites for hydroxylation is 1. The van der Waals surface area contributed by atoms with Crippen LogP contribution in [0.25, 0.3) is 0 Å². The first-order valence-electron chi connectivity index (χ1n) is 8.84. The molecule has 6 heteroatoms. The van der Waals surface area contributed by atoms with Gasteiger partial charge in [0.25, 0.3) is 5.91 Å². The zero-order valence-electron chi connectivity index (χ0n) is 15.5. The van der Waals surface area contributed by atoms with Crippen LogP contribution in [0.15, 0.2) is 35.4 Å². The summed E-state index contributed by atoms with van der Waals surface area (Å²) < 4.78 is 13.1. The Morgan fingerprint density at radius 1 is 1.38 bits per heavy atom. The van der Waals surface area contributed by atoms with Gasteiger partial charge in [-0.25, -0.2) is 5.43 Å². The predicted octanol–water partition coefficient (Wildman–Crippen LogP) is 3.06. The number of nitrogens with one attached hydrogen (secondary N) is 1. The van der Waals surface area contributed by atoms with E-state index < -0.39 is 0 Å². The molecule has 3 rings (SSSR count). The van der Waals surface area contributed by atoms with Crippen LogP contribution in [0.3, 0.4) is 0 Å². The van der Waals surface area contributed by atoms with E-state index in [0.717, 1.165) is 37.3 Å². The second-order valence-corrected chi connectivity index (χ2v) is 6.50. The molecule has 0 radical (unpaired) electrons. The van der Waals surface area contributed by atoms with E-state index >= 15 is 0 Å². The third-order valence-electron chi connectivity index (χ3n) is 4.74. The van der Waals surface area contributed by atoms with Crippen LogP contribution in [0, 0.1) is 13.8 Å². The Kier molecular flexibility index (Phi) is 5.73. The van der Waals surface area contributed by atoms with Crippen molar-refractivity contribution in [1.29, 1.82) is 0 Å². The van der Waals surface area contributed by atoms with Crippen molar-refractivity contribution in [1.82, 2.24) is 9.99 Å². The maximum Gasteiger partial charge on any atom is 0.271 e. The van der Waals surface area contributed by atoms with Crippen LogP contribution in [-0.4, -0.2) is 36.5 Å². The molecular weight excluding hydrogens is 330 g/mol. The highest BCUT2D eigenvalue weighted by molar-refractivity contribution is 5.95. The van der Waals surface area contributed by atoms with E-state index in [4.69, 9.17) is 9.47 Å². The van der Waals surface area contributed by atoms with Crippen LogP contribution in [0.2, 0.25) is 0 Å². The number of carbonyl (C=O) groups excluding carboxylic acids is 1. The zero-order valence-corrected chi connectivity index (χ0v) is 15.5. The highest BCUT2D eigenvalue weighted by atomic mass is 16.5. The molecule has 1 saturated heterocycles. The number of carbonyl (C=O) groups is 1. The Bertz CT molecular complexity index is 787. The van der Waals surface area contributed by atoms with Crippen molar-refractivity contribution in [3.8, 4) is 5.75 Å². The first kappa shape index (κ1) is 18.2. The van der Waals surface area contributed by atoms with Gasteiger partial charge in [-0.1, -0.05) is 0 Å². The third-order valence-corrected chi connectivity index (χ3v) is 4.74. The molecule has 1 N–H and O–H groups in total. The highest BCUT2D eigenvalue weighted by Gasteiger charge is 2.18. The molecule has 0 spiro atoms. The fraction of sp³-hybridized carbons (Fsp3) is 0.400. The molecule has 6 nitrogen and oxygen atoms in total. The normalized spacial score (nSPS) is 17.0. The van der Waals surface area contributed by atoms with Crippen LogP contribution in [0.1, 0.15) is 40.2 Å². The molecule has 1 aliphatic rings. The Hall–Kier alpha value is -2.60. The maximum absolute atomic E-state index is 12.1. The van der Waals surface area contributed by atoms with Gasteiger partial charge in [-0.15, -0.1) is 0 Å².